The highest BCUT2D eigenvalue weighted by Crippen LogP contribution is 2.27. The van der Waals surface area contributed by atoms with Crippen molar-refractivity contribution in [2.45, 2.75) is 26.2 Å². The van der Waals surface area contributed by atoms with Crippen LogP contribution in [-0.2, 0) is 12.8 Å². The Morgan fingerprint density at radius 1 is 0.800 bits per heavy atom. The maximum atomic E-state index is 5.39. The zero-order valence-electron chi connectivity index (χ0n) is 18.6. The van der Waals surface area contributed by atoms with E-state index in [-0.39, 0.29) is 24.0 Å². The van der Waals surface area contributed by atoms with Gasteiger partial charge in [0.2, 0.25) is 0 Å². The van der Waals surface area contributed by atoms with E-state index in [1.54, 1.807) is 28.4 Å². The van der Waals surface area contributed by atoms with Gasteiger partial charge in [0.15, 0.2) is 17.5 Å². The molecule has 0 unspecified atom stereocenters. The lowest BCUT2D eigenvalue weighted by Crippen LogP contribution is -2.38. The van der Waals surface area contributed by atoms with Crippen LogP contribution < -0.4 is 24.8 Å². The molecule has 7 heteroatoms. The van der Waals surface area contributed by atoms with Crippen LogP contribution >= 0.6 is 24.0 Å². The fourth-order valence-electron chi connectivity index (χ4n) is 3.10. The van der Waals surface area contributed by atoms with Gasteiger partial charge in [-0.15, -0.1) is 24.0 Å². The topological polar surface area (TPSA) is 64.1 Å². The molecule has 0 aliphatic carbocycles. The lowest BCUT2D eigenvalue weighted by molar-refractivity contribution is 0.354. The van der Waals surface area contributed by atoms with Crippen LogP contribution in [0.4, 0.5) is 0 Å². The van der Waals surface area contributed by atoms with Crippen LogP contribution in [0.15, 0.2) is 41.4 Å². The average Bonchev–Trinajstić information content (AvgIpc) is 2.76. The van der Waals surface area contributed by atoms with Gasteiger partial charge < -0.3 is 24.8 Å². The molecule has 0 aliphatic rings. The maximum absolute atomic E-state index is 5.39. The first-order valence-electron chi connectivity index (χ1n) is 9.90. The number of rotatable bonds is 10. The summed E-state index contributed by atoms with van der Waals surface area (Å²) in [7, 11) is 6.80. The second-order valence-corrected chi connectivity index (χ2v) is 6.77. The van der Waals surface area contributed by atoms with Gasteiger partial charge in [0.1, 0.15) is 5.75 Å². The first-order chi connectivity index (χ1) is 14.1. The highest BCUT2D eigenvalue weighted by Gasteiger charge is 2.05. The Morgan fingerprint density at radius 2 is 1.40 bits per heavy atom. The van der Waals surface area contributed by atoms with Gasteiger partial charge in [-0.2, -0.15) is 0 Å². The third kappa shape index (κ3) is 7.93. The van der Waals surface area contributed by atoms with E-state index in [0.717, 1.165) is 61.1 Å². The number of guanidine groups is 1. The molecule has 0 aliphatic heterocycles. The summed E-state index contributed by atoms with van der Waals surface area (Å²) in [6.07, 6.45) is 2.85. The lowest BCUT2D eigenvalue weighted by atomic mass is 10.1. The summed E-state index contributed by atoms with van der Waals surface area (Å²) in [4.78, 5) is 4.29. The number of aryl methyl sites for hydroxylation is 2. The van der Waals surface area contributed by atoms with E-state index in [0.29, 0.717) is 0 Å². The quantitative estimate of drug-likeness (QED) is 0.212. The number of halogens is 1. The largest absolute Gasteiger partial charge is 0.496 e. The third-order valence-corrected chi connectivity index (χ3v) is 4.78. The molecule has 30 heavy (non-hydrogen) atoms. The SMILES string of the molecule is CN=C(NCCCc1ccc(OC)c(OC)c1)NCCc1ccc(C)c(OC)c1.I. The van der Waals surface area contributed by atoms with E-state index in [4.69, 9.17) is 14.2 Å². The van der Waals surface area contributed by atoms with Gasteiger partial charge in [-0.25, -0.2) is 0 Å². The molecule has 2 aromatic rings. The van der Waals surface area contributed by atoms with Crippen LogP contribution in [0, 0.1) is 6.92 Å². The van der Waals surface area contributed by atoms with Crippen molar-refractivity contribution in [1.29, 1.82) is 0 Å². The second-order valence-electron chi connectivity index (χ2n) is 6.77. The van der Waals surface area contributed by atoms with Crippen molar-refractivity contribution in [3.63, 3.8) is 0 Å². The summed E-state index contributed by atoms with van der Waals surface area (Å²) in [5.74, 6) is 3.27. The van der Waals surface area contributed by atoms with Crippen LogP contribution in [-0.4, -0.2) is 47.4 Å². The number of nitrogens with zero attached hydrogens (tertiary/aromatic N) is 1. The third-order valence-electron chi connectivity index (χ3n) is 4.78. The second kappa shape index (κ2) is 14.0. The molecule has 0 spiro atoms. The number of ether oxygens (including phenoxy) is 3. The Bertz CT molecular complexity index is 812. The van der Waals surface area contributed by atoms with Crippen molar-refractivity contribution in [3.8, 4) is 17.2 Å². The molecular formula is C23H34IN3O3. The van der Waals surface area contributed by atoms with Crippen molar-refractivity contribution in [3.05, 3.63) is 53.1 Å². The van der Waals surface area contributed by atoms with Crippen molar-refractivity contribution in [1.82, 2.24) is 10.6 Å². The molecule has 0 heterocycles. The molecular weight excluding hydrogens is 493 g/mol. The maximum Gasteiger partial charge on any atom is 0.190 e. The fraction of sp³-hybridized carbons (Fsp3) is 0.435. The molecule has 0 atom stereocenters. The Balaban J connectivity index is 0.00000450. The lowest BCUT2D eigenvalue weighted by Gasteiger charge is -2.13. The van der Waals surface area contributed by atoms with Gasteiger partial charge in [0.05, 0.1) is 21.3 Å². The van der Waals surface area contributed by atoms with Gasteiger partial charge in [-0.05, 0) is 61.1 Å². The summed E-state index contributed by atoms with van der Waals surface area (Å²) in [5.41, 5.74) is 3.61. The normalized spacial score (nSPS) is 10.8. The number of nitrogens with one attached hydrogen (secondary N) is 2. The van der Waals surface area contributed by atoms with Gasteiger partial charge in [0.25, 0.3) is 0 Å². The van der Waals surface area contributed by atoms with E-state index in [9.17, 15) is 0 Å². The average molecular weight is 527 g/mol. The highest BCUT2D eigenvalue weighted by atomic mass is 127. The fourth-order valence-corrected chi connectivity index (χ4v) is 3.10. The van der Waals surface area contributed by atoms with Crippen LogP contribution in [0.2, 0.25) is 0 Å². The Hall–Kier alpha value is -2.16. The van der Waals surface area contributed by atoms with Crippen molar-refractivity contribution in [2.24, 2.45) is 4.99 Å². The Morgan fingerprint density at radius 3 is 2.07 bits per heavy atom. The van der Waals surface area contributed by atoms with Crippen molar-refractivity contribution in [2.75, 3.05) is 41.5 Å². The van der Waals surface area contributed by atoms with Gasteiger partial charge in [0, 0.05) is 20.1 Å². The number of aliphatic imine (C=N–C) groups is 1. The number of benzene rings is 2. The molecule has 2 rings (SSSR count). The molecule has 6 nitrogen and oxygen atoms in total. The summed E-state index contributed by atoms with van der Waals surface area (Å²) in [6.45, 7) is 3.70. The van der Waals surface area contributed by atoms with E-state index in [1.807, 2.05) is 12.1 Å². The molecule has 0 fully saturated rings. The Labute approximate surface area is 197 Å². The molecule has 0 amide bonds. The van der Waals surface area contributed by atoms with Crippen molar-refractivity contribution >= 4 is 29.9 Å². The van der Waals surface area contributed by atoms with E-state index in [1.165, 1.54) is 11.1 Å². The minimum absolute atomic E-state index is 0. The zero-order chi connectivity index (χ0) is 21.1. The zero-order valence-corrected chi connectivity index (χ0v) is 20.9. The van der Waals surface area contributed by atoms with E-state index < -0.39 is 0 Å². The molecule has 2 N–H and O–H groups in total. The summed E-state index contributed by atoms with van der Waals surface area (Å²) in [5, 5.41) is 6.73. The summed E-state index contributed by atoms with van der Waals surface area (Å²) in [6, 6.07) is 12.4. The molecule has 0 saturated heterocycles. The first-order valence-corrected chi connectivity index (χ1v) is 9.90. The molecule has 0 bridgehead atoms. The van der Waals surface area contributed by atoms with Crippen LogP contribution in [0.25, 0.3) is 0 Å². The van der Waals surface area contributed by atoms with Gasteiger partial charge in [-0.1, -0.05) is 18.2 Å². The summed E-state index contributed by atoms with van der Waals surface area (Å²) < 4.78 is 16.0. The van der Waals surface area contributed by atoms with E-state index in [2.05, 4.69) is 46.8 Å². The standard InChI is InChI=1S/C23H33N3O3.HI/c1-17-8-9-19(15-21(17)28-4)12-14-26-23(24-2)25-13-6-7-18-10-11-20(27-3)22(16-18)29-5;/h8-11,15-16H,6-7,12-14H2,1-5H3,(H2,24,25,26);1H. The molecule has 0 radical (unpaired) electrons. The minimum Gasteiger partial charge on any atom is -0.496 e. The number of hydrogen-bond donors (Lipinski definition) is 2. The van der Waals surface area contributed by atoms with Gasteiger partial charge >= 0.3 is 0 Å². The van der Waals surface area contributed by atoms with Crippen LogP contribution in [0.3, 0.4) is 0 Å². The first kappa shape index (κ1) is 25.9. The Kier molecular flexibility index (Phi) is 12.0. The predicted molar refractivity (Wildman–Crippen MR) is 134 cm³/mol. The minimum atomic E-state index is 0. The molecule has 166 valence electrons. The van der Waals surface area contributed by atoms with Crippen molar-refractivity contribution < 1.29 is 14.2 Å². The highest BCUT2D eigenvalue weighted by molar-refractivity contribution is 14.0. The number of methoxy groups -OCH3 is 3. The van der Waals surface area contributed by atoms with Crippen LogP contribution in [0.1, 0.15) is 23.1 Å². The molecule has 2 aromatic carbocycles. The molecule has 0 saturated carbocycles. The van der Waals surface area contributed by atoms with E-state index >= 15 is 0 Å². The smallest absolute Gasteiger partial charge is 0.190 e. The number of hydrogen-bond acceptors (Lipinski definition) is 4. The predicted octanol–water partition coefficient (Wildman–Crippen LogP) is 3.98. The van der Waals surface area contributed by atoms with Gasteiger partial charge in [-0.3, -0.25) is 4.99 Å². The van der Waals surface area contributed by atoms with Crippen LogP contribution in [0.5, 0.6) is 17.2 Å². The molecule has 0 aromatic heterocycles. The summed E-state index contributed by atoms with van der Waals surface area (Å²) >= 11 is 0. The monoisotopic (exact) mass is 527 g/mol.